The predicted molar refractivity (Wildman–Crippen MR) is 82.3 cm³/mol. The number of carbonyl (C=O) groups excluding carboxylic acids is 2. The van der Waals surface area contributed by atoms with Crippen molar-refractivity contribution in [1.82, 2.24) is 10.2 Å². The summed E-state index contributed by atoms with van der Waals surface area (Å²) in [6, 6.07) is 6.64. The van der Waals surface area contributed by atoms with Gasteiger partial charge < -0.3 is 15.3 Å². The molecule has 2 N–H and O–H groups in total. The second-order valence-corrected chi connectivity index (χ2v) is 4.95. The van der Waals surface area contributed by atoms with E-state index >= 15 is 0 Å². The van der Waals surface area contributed by atoms with Crippen LogP contribution in [0.1, 0.15) is 47.9 Å². The Hall–Kier alpha value is -1.88. The number of carbonyl (C=O) groups is 2. The van der Waals surface area contributed by atoms with Crippen molar-refractivity contribution in [3.63, 3.8) is 0 Å². The van der Waals surface area contributed by atoms with Gasteiger partial charge in [0.25, 0.3) is 11.8 Å². The van der Waals surface area contributed by atoms with Crippen LogP contribution in [0.25, 0.3) is 0 Å². The van der Waals surface area contributed by atoms with E-state index in [0.29, 0.717) is 37.2 Å². The number of nitrogens with zero attached hydrogens (tertiary/aromatic N) is 1. The lowest BCUT2D eigenvalue weighted by atomic mass is 10.1. The summed E-state index contributed by atoms with van der Waals surface area (Å²) in [5.74, 6) is -0.224. The average molecular weight is 292 g/mol. The average Bonchev–Trinajstić information content (AvgIpc) is 2.48. The lowest BCUT2D eigenvalue weighted by Crippen LogP contribution is -2.30. The highest BCUT2D eigenvalue weighted by molar-refractivity contribution is 5.97. The molecule has 0 radical (unpaired) electrons. The minimum atomic E-state index is -0.431. The molecule has 5 heteroatoms. The van der Waals surface area contributed by atoms with E-state index in [0.717, 1.165) is 0 Å². The number of aliphatic hydroxyl groups excluding tert-OH is 1. The molecule has 0 heterocycles. The van der Waals surface area contributed by atoms with Crippen LogP contribution < -0.4 is 5.32 Å². The highest BCUT2D eigenvalue weighted by Gasteiger charge is 2.13. The lowest BCUT2D eigenvalue weighted by Gasteiger charge is -2.18. The Morgan fingerprint density at radius 1 is 1.14 bits per heavy atom. The van der Waals surface area contributed by atoms with Crippen molar-refractivity contribution in [2.75, 3.05) is 19.6 Å². The maximum atomic E-state index is 12.1. The highest BCUT2D eigenvalue weighted by Crippen LogP contribution is 2.08. The number of nitrogens with one attached hydrogen (secondary N) is 1. The Bertz CT molecular complexity index is 465. The molecule has 1 unspecified atom stereocenters. The molecule has 0 bridgehead atoms. The number of benzene rings is 1. The Morgan fingerprint density at radius 3 is 2.14 bits per heavy atom. The third kappa shape index (κ3) is 5.19. The van der Waals surface area contributed by atoms with Gasteiger partial charge in [-0.25, -0.2) is 0 Å². The summed E-state index contributed by atoms with van der Waals surface area (Å²) >= 11 is 0. The van der Waals surface area contributed by atoms with E-state index in [1.165, 1.54) is 0 Å². The Balaban J connectivity index is 2.65. The van der Waals surface area contributed by atoms with Gasteiger partial charge in [0, 0.05) is 30.8 Å². The van der Waals surface area contributed by atoms with Gasteiger partial charge in [-0.15, -0.1) is 0 Å². The first-order valence-corrected chi connectivity index (χ1v) is 7.35. The van der Waals surface area contributed by atoms with Crippen LogP contribution in [0.15, 0.2) is 24.3 Å². The molecule has 21 heavy (non-hydrogen) atoms. The summed E-state index contributed by atoms with van der Waals surface area (Å²) in [5.41, 5.74) is 1.09. The van der Waals surface area contributed by atoms with Crippen LogP contribution in [-0.2, 0) is 0 Å². The standard InChI is InChI=1S/C16H24N2O3/c1-4-18(5-2)16(21)14-8-6-13(7-9-14)15(20)17-11-10-12(3)19/h6-9,12,19H,4-5,10-11H2,1-3H3,(H,17,20). The monoisotopic (exact) mass is 292 g/mol. The molecular formula is C16H24N2O3. The molecule has 0 saturated carbocycles. The summed E-state index contributed by atoms with van der Waals surface area (Å²) in [7, 11) is 0. The molecule has 0 spiro atoms. The quantitative estimate of drug-likeness (QED) is 0.803. The van der Waals surface area contributed by atoms with Gasteiger partial charge in [0.1, 0.15) is 0 Å². The molecule has 1 aromatic rings. The molecule has 0 aromatic heterocycles. The summed E-state index contributed by atoms with van der Waals surface area (Å²) < 4.78 is 0. The third-order valence-electron chi connectivity index (χ3n) is 3.29. The summed E-state index contributed by atoms with van der Waals surface area (Å²) in [5, 5.41) is 11.9. The Kier molecular flexibility index (Phi) is 6.88. The van der Waals surface area contributed by atoms with Crippen molar-refractivity contribution >= 4 is 11.8 Å². The van der Waals surface area contributed by atoms with Crippen LogP contribution in [-0.4, -0.2) is 47.6 Å². The van der Waals surface area contributed by atoms with E-state index in [2.05, 4.69) is 5.32 Å². The molecule has 2 amide bonds. The van der Waals surface area contributed by atoms with Crippen LogP contribution in [0.2, 0.25) is 0 Å². The van der Waals surface area contributed by atoms with Crippen LogP contribution >= 0.6 is 0 Å². The van der Waals surface area contributed by atoms with Gasteiger partial charge in [0.05, 0.1) is 6.10 Å². The van der Waals surface area contributed by atoms with E-state index in [1.807, 2.05) is 13.8 Å². The largest absolute Gasteiger partial charge is 0.393 e. The first-order valence-electron chi connectivity index (χ1n) is 7.35. The van der Waals surface area contributed by atoms with Crippen molar-refractivity contribution < 1.29 is 14.7 Å². The molecule has 1 atom stereocenters. The molecule has 0 fully saturated rings. The molecule has 0 saturated heterocycles. The predicted octanol–water partition coefficient (Wildman–Crippen LogP) is 1.67. The topological polar surface area (TPSA) is 69.6 Å². The Morgan fingerprint density at radius 2 is 1.67 bits per heavy atom. The van der Waals surface area contributed by atoms with Gasteiger partial charge >= 0.3 is 0 Å². The second kappa shape index (κ2) is 8.42. The van der Waals surface area contributed by atoms with Crippen molar-refractivity contribution in [2.45, 2.75) is 33.3 Å². The van der Waals surface area contributed by atoms with Crippen molar-refractivity contribution in [3.05, 3.63) is 35.4 Å². The number of amides is 2. The van der Waals surface area contributed by atoms with Gasteiger partial charge in [-0.05, 0) is 51.5 Å². The van der Waals surface area contributed by atoms with E-state index in [1.54, 1.807) is 36.1 Å². The Labute approximate surface area is 126 Å². The number of hydrogen-bond donors (Lipinski definition) is 2. The fourth-order valence-corrected chi connectivity index (χ4v) is 1.95. The molecule has 0 aliphatic carbocycles. The summed E-state index contributed by atoms with van der Waals surface area (Å²) in [4.78, 5) is 25.7. The first kappa shape index (κ1) is 17.2. The van der Waals surface area contributed by atoms with Gasteiger partial charge in [0.15, 0.2) is 0 Å². The SMILES string of the molecule is CCN(CC)C(=O)c1ccc(C(=O)NCCC(C)O)cc1. The highest BCUT2D eigenvalue weighted by atomic mass is 16.3. The molecule has 1 rings (SSSR count). The van der Waals surface area contributed by atoms with E-state index in [4.69, 9.17) is 5.11 Å². The maximum absolute atomic E-state index is 12.1. The number of aliphatic hydroxyl groups is 1. The molecule has 0 aliphatic heterocycles. The van der Waals surface area contributed by atoms with E-state index < -0.39 is 6.10 Å². The molecule has 116 valence electrons. The summed E-state index contributed by atoms with van der Waals surface area (Å²) in [6.45, 7) is 7.31. The minimum Gasteiger partial charge on any atom is -0.393 e. The van der Waals surface area contributed by atoms with Crippen LogP contribution in [0.4, 0.5) is 0 Å². The van der Waals surface area contributed by atoms with E-state index in [9.17, 15) is 9.59 Å². The zero-order chi connectivity index (χ0) is 15.8. The van der Waals surface area contributed by atoms with Gasteiger partial charge in [-0.2, -0.15) is 0 Å². The maximum Gasteiger partial charge on any atom is 0.253 e. The molecular weight excluding hydrogens is 268 g/mol. The van der Waals surface area contributed by atoms with Crippen LogP contribution in [0, 0.1) is 0 Å². The summed E-state index contributed by atoms with van der Waals surface area (Å²) in [6.07, 6.45) is 0.0870. The van der Waals surface area contributed by atoms with Crippen LogP contribution in [0.3, 0.4) is 0 Å². The number of rotatable bonds is 7. The fraction of sp³-hybridized carbons (Fsp3) is 0.500. The molecule has 1 aromatic carbocycles. The van der Waals surface area contributed by atoms with Crippen molar-refractivity contribution in [1.29, 1.82) is 0 Å². The lowest BCUT2D eigenvalue weighted by molar-refractivity contribution is 0.0772. The smallest absolute Gasteiger partial charge is 0.253 e. The van der Waals surface area contributed by atoms with Gasteiger partial charge in [-0.3, -0.25) is 9.59 Å². The van der Waals surface area contributed by atoms with Crippen molar-refractivity contribution in [3.8, 4) is 0 Å². The first-order chi connectivity index (χ1) is 9.99. The van der Waals surface area contributed by atoms with E-state index in [-0.39, 0.29) is 11.8 Å². The molecule has 0 aliphatic rings. The van der Waals surface area contributed by atoms with Gasteiger partial charge in [0.2, 0.25) is 0 Å². The third-order valence-corrected chi connectivity index (χ3v) is 3.29. The number of hydrogen-bond acceptors (Lipinski definition) is 3. The second-order valence-electron chi connectivity index (χ2n) is 4.95. The molecule has 5 nitrogen and oxygen atoms in total. The zero-order valence-corrected chi connectivity index (χ0v) is 12.9. The fourth-order valence-electron chi connectivity index (χ4n) is 1.95. The zero-order valence-electron chi connectivity index (χ0n) is 12.9. The van der Waals surface area contributed by atoms with Gasteiger partial charge in [-0.1, -0.05) is 0 Å². The minimum absolute atomic E-state index is 0.0268. The normalized spacial score (nSPS) is 11.8. The van der Waals surface area contributed by atoms with Crippen molar-refractivity contribution in [2.24, 2.45) is 0 Å². The van der Waals surface area contributed by atoms with Crippen LogP contribution in [0.5, 0.6) is 0 Å².